The van der Waals surface area contributed by atoms with Crippen molar-refractivity contribution in [3.8, 4) is 5.88 Å². The van der Waals surface area contributed by atoms with Crippen LogP contribution >= 0.6 is 0 Å². The van der Waals surface area contributed by atoms with Crippen LogP contribution in [0.4, 0.5) is 10.5 Å². The topological polar surface area (TPSA) is 91.8 Å². The fourth-order valence-electron chi connectivity index (χ4n) is 3.33. The highest BCUT2D eigenvalue weighted by molar-refractivity contribution is 5.91. The summed E-state index contributed by atoms with van der Waals surface area (Å²) in [7, 11) is 1.52. The first-order valence-corrected chi connectivity index (χ1v) is 6.92. The van der Waals surface area contributed by atoms with Gasteiger partial charge in [-0.1, -0.05) is 0 Å². The van der Waals surface area contributed by atoms with Crippen LogP contribution in [0.5, 0.6) is 5.88 Å². The molecular weight excluding hydrogens is 274 g/mol. The average molecular weight is 291 g/mol. The molecule has 0 saturated carbocycles. The van der Waals surface area contributed by atoms with Crippen LogP contribution in [0.15, 0.2) is 18.3 Å². The van der Waals surface area contributed by atoms with E-state index < -0.39 is 11.9 Å². The highest BCUT2D eigenvalue weighted by Gasteiger charge is 2.51. The van der Waals surface area contributed by atoms with Crippen LogP contribution in [0, 0.1) is 5.92 Å². The molecule has 1 aromatic rings. The molecule has 2 amide bonds. The normalized spacial score (nSPS) is 26.7. The first-order valence-electron chi connectivity index (χ1n) is 6.92. The molecular formula is C14H17N3O4. The Morgan fingerprint density at radius 2 is 2.24 bits per heavy atom. The lowest BCUT2D eigenvalue weighted by molar-refractivity contribution is -0.142. The number of hydrogen-bond acceptors (Lipinski definition) is 4. The lowest BCUT2D eigenvalue weighted by Crippen LogP contribution is -2.40. The molecule has 2 aliphatic rings. The van der Waals surface area contributed by atoms with Crippen molar-refractivity contribution in [1.29, 1.82) is 0 Å². The van der Waals surface area contributed by atoms with Gasteiger partial charge in [0.1, 0.15) is 0 Å². The van der Waals surface area contributed by atoms with Crippen molar-refractivity contribution >= 4 is 17.7 Å². The van der Waals surface area contributed by atoms with Gasteiger partial charge in [-0.3, -0.25) is 4.79 Å². The Kier molecular flexibility index (Phi) is 3.40. The van der Waals surface area contributed by atoms with Crippen LogP contribution in [0.1, 0.15) is 19.3 Å². The number of ether oxygens (including phenoxy) is 1. The second-order valence-corrected chi connectivity index (χ2v) is 5.41. The number of fused-ring (bicyclic) bond motifs is 2. The Balaban J connectivity index is 1.69. The molecule has 0 spiro atoms. The maximum absolute atomic E-state index is 12.4. The van der Waals surface area contributed by atoms with E-state index in [9.17, 15) is 14.7 Å². The Hall–Kier alpha value is -2.31. The van der Waals surface area contributed by atoms with Crippen molar-refractivity contribution in [2.24, 2.45) is 5.92 Å². The van der Waals surface area contributed by atoms with Gasteiger partial charge in [0.05, 0.1) is 24.9 Å². The second kappa shape index (κ2) is 5.23. The van der Waals surface area contributed by atoms with Gasteiger partial charge in [0, 0.05) is 18.2 Å². The van der Waals surface area contributed by atoms with Gasteiger partial charge < -0.3 is 20.1 Å². The lowest BCUT2D eigenvalue weighted by atomic mass is 9.89. The summed E-state index contributed by atoms with van der Waals surface area (Å²) in [6.45, 7) is 0. The highest BCUT2D eigenvalue weighted by atomic mass is 16.5. The van der Waals surface area contributed by atoms with Crippen LogP contribution < -0.4 is 10.1 Å². The number of hydrogen-bond donors (Lipinski definition) is 2. The molecule has 0 radical (unpaired) electrons. The van der Waals surface area contributed by atoms with E-state index in [-0.39, 0.29) is 18.1 Å². The number of nitrogens with zero attached hydrogens (tertiary/aromatic N) is 2. The third-order valence-corrected chi connectivity index (χ3v) is 4.29. The van der Waals surface area contributed by atoms with Crippen molar-refractivity contribution in [3.05, 3.63) is 18.3 Å². The summed E-state index contributed by atoms with van der Waals surface area (Å²) < 4.78 is 4.96. The van der Waals surface area contributed by atoms with Gasteiger partial charge in [-0.2, -0.15) is 0 Å². The molecule has 3 heterocycles. The summed E-state index contributed by atoms with van der Waals surface area (Å²) in [4.78, 5) is 29.3. The minimum absolute atomic E-state index is 0.0299. The van der Waals surface area contributed by atoms with E-state index in [1.54, 1.807) is 17.0 Å². The van der Waals surface area contributed by atoms with E-state index in [1.165, 1.54) is 13.3 Å². The molecule has 2 bridgehead atoms. The van der Waals surface area contributed by atoms with E-state index in [2.05, 4.69) is 10.3 Å². The number of carboxylic acids is 1. The van der Waals surface area contributed by atoms with Gasteiger partial charge in [0.25, 0.3) is 0 Å². The van der Waals surface area contributed by atoms with Crippen LogP contribution in [0.2, 0.25) is 0 Å². The van der Waals surface area contributed by atoms with E-state index in [1.807, 2.05) is 0 Å². The molecule has 112 valence electrons. The van der Waals surface area contributed by atoms with Crippen LogP contribution in [-0.2, 0) is 4.79 Å². The number of carboxylic acid groups (broad SMARTS) is 1. The van der Waals surface area contributed by atoms with Crippen LogP contribution in [0.3, 0.4) is 0 Å². The second-order valence-electron chi connectivity index (χ2n) is 5.41. The number of carbonyl (C=O) groups excluding carboxylic acids is 1. The molecule has 21 heavy (non-hydrogen) atoms. The molecule has 3 rings (SSSR count). The Morgan fingerprint density at radius 3 is 2.81 bits per heavy atom. The summed E-state index contributed by atoms with van der Waals surface area (Å²) in [5.41, 5.74) is 0.568. The molecule has 2 saturated heterocycles. The number of methoxy groups -OCH3 is 1. The van der Waals surface area contributed by atoms with Gasteiger partial charge >= 0.3 is 12.0 Å². The number of urea groups is 1. The third kappa shape index (κ3) is 2.39. The maximum Gasteiger partial charge on any atom is 0.322 e. The number of rotatable bonds is 3. The van der Waals surface area contributed by atoms with E-state index in [0.717, 1.165) is 12.8 Å². The Labute approximate surface area is 121 Å². The first-order chi connectivity index (χ1) is 10.1. The average Bonchev–Trinajstić information content (AvgIpc) is 3.05. The minimum atomic E-state index is -0.814. The van der Waals surface area contributed by atoms with Crippen molar-refractivity contribution < 1.29 is 19.4 Å². The van der Waals surface area contributed by atoms with Crippen LogP contribution in [0.25, 0.3) is 0 Å². The zero-order valence-corrected chi connectivity index (χ0v) is 11.7. The molecule has 2 fully saturated rings. The predicted molar refractivity (Wildman–Crippen MR) is 74.2 cm³/mol. The number of carbonyl (C=O) groups is 2. The standard InChI is InChI=1S/C14H17N3O4/c1-21-12-5-2-8(7-15-12)16-14(20)17-9-3-4-11(17)10(6-9)13(18)19/h2,5,7,9-11H,3-4,6H2,1H3,(H,16,20)(H,18,19). The zero-order valence-electron chi connectivity index (χ0n) is 11.7. The Bertz CT molecular complexity index is 560. The van der Waals surface area contributed by atoms with Crippen LogP contribution in [-0.4, -0.2) is 46.2 Å². The molecule has 3 unspecified atom stereocenters. The zero-order chi connectivity index (χ0) is 15.0. The maximum atomic E-state index is 12.4. The van der Waals surface area contributed by atoms with Gasteiger partial charge in [-0.25, -0.2) is 9.78 Å². The summed E-state index contributed by atoms with van der Waals surface area (Å²) in [5.74, 6) is -0.783. The molecule has 0 aromatic carbocycles. The summed E-state index contributed by atoms with van der Waals surface area (Å²) >= 11 is 0. The largest absolute Gasteiger partial charge is 0.481 e. The molecule has 2 N–H and O–H groups in total. The quantitative estimate of drug-likeness (QED) is 0.881. The lowest BCUT2D eigenvalue weighted by Gasteiger charge is -2.23. The molecule has 7 heteroatoms. The van der Waals surface area contributed by atoms with E-state index in [4.69, 9.17) is 4.74 Å². The number of pyridine rings is 1. The number of aliphatic carboxylic acids is 1. The van der Waals surface area contributed by atoms with E-state index >= 15 is 0 Å². The molecule has 3 atom stereocenters. The van der Waals surface area contributed by atoms with Gasteiger partial charge in [-0.15, -0.1) is 0 Å². The summed E-state index contributed by atoms with van der Waals surface area (Å²) in [6.07, 6.45) is 3.70. The molecule has 1 aromatic heterocycles. The van der Waals surface area contributed by atoms with Gasteiger partial charge in [0.2, 0.25) is 5.88 Å². The fraction of sp³-hybridized carbons (Fsp3) is 0.500. The smallest absolute Gasteiger partial charge is 0.322 e. The van der Waals surface area contributed by atoms with E-state index in [0.29, 0.717) is 18.0 Å². The Morgan fingerprint density at radius 1 is 1.43 bits per heavy atom. The van der Waals surface area contributed by atoms with Crippen molar-refractivity contribution in [2.75, 3.05) is 12.4 Å². The minimum Gasteiger partial charge on any atom is -0.481 e. The number of nitrogens with one attached hydrogen (secondary N) is 1. The van der Waals surface area contributed by atoms with Crippen molar-refractivity contribution in [3.63, 3.8) is 0 Å². The molecule has 0 aliphatic carbocycles. The molecule has 7 nitrogen and oxygen atoms in total. The van der Waals surface area contributed by atoms with Gasteiger partial charge in [0.15, 0.2) is 0 Å². The number of anilines is 1. The number of aromatic nitrogens is 1. The third-order valence-electron chi connectivity index (χ3n) is 4.29. The van der Waals surface area contributed by atoms with Crippen molar-refractivity contribution in [1.82, 2.24) is 9.88 Å². The summed E-state index contributed by atoms with van der Waals surface area (Å²) in [5, 5.41) is 12.0. The van der Waals surface area contributed by atoms with Gasteiger partial charge in [-0.05, 0) is 25.3 Å². The highest BCUT2D eigenvalue weighted by Crippen LogP contribution is 2.42. The fourth-order valence-corrected chi connectivity index (χ4v) is 3.33. The SMILES string of the molecule is COc1ccc(NC(=O)N2C3CCC2C(C(=O)O)C3)cn1. The number of amides is 2. The summed E-state index contributed by atoms with van der Waals surface area (Å²) in [6, 6.07) is 2.95. The monoisotopic (exact) mass is 291 g/mol. The van der Waals surface area contributed by atoms with Crippen molar-refractivity contribution in [2.45, 2.75) is 31.3 Å². The first kappa shape index (κ1) is 13.7. The molecule has 2 aliphatic heterocycles. The predicted octanol–water partition coefficient (Wildman–Crippen LogP) is 1.56.